The van der Waals surface area contributed by atoms with E-state index in [1.807, 2.05) is 24.3 Å². The van der Waals surface area contributed by atoms with Gasteiger partial charge in [0.2, 0.25) is 0 Å². The third-order valence-electron chi connectivity index (χ3n) is 5.65. The fourth-order valence-corrected chi connectivity index (χ4v) is 4.08. The number of hydrogen-bond donors (Lipinski definition) is 2. The lowest BCUT2D eigenvalue weighted by Crippen LogP contribution is -2.43. The lowest BCUT2D eigenvalue weighted by Gasteiger charge is -2.36. The predicted molar refractivity (Wildman–Crippen MR) is 113 cm³/mol. The zero-order valence-corrected chi connectivity index (χ0v) is 17.4. The van der Waals surface area contributed by atoms with Crippen molar-refractivity contribution in [1.82, 2.24) is 15.1 Å². The van der Waals surface area contributed by atoms with Crippen molar-refractivity contribution in [1.29, 1.82) is 0 Å². The highest BCUT2D eigenvalue weighted by Crippen LogP contribution is 2.37. The van der Waals surface area contributed by atoms with Crippen LogP contribution in [0.5, 0.6) is 0 Å². The number of aliphatic hydroxyl groups excluding tert-OH is 1. The molecule has 1 fully saturated rings. The van der Waals surface area contributed by atoms with Crippen LogP contribution in [-0.2, 0) is 13.2 Å². The number of benzene rings is 2. The van der Waals surface area contributed by atoms with Crippen molar-refractivity contribution in [2.24, 2.45) is 0 Å². The molecule has 8 heteroatoms. The van der Waals surface area contributed by atoms with Crippen LogP contribution < -0.4 is 5.32 Å². The number of carbonyl (C=O) groups excluding carboxylic acids is 1. The Balaban J connectivity index is 1.34. The van der Waals surface area contributed by atoms with Crippen LogP contribution >= 0.6 is 11.6 Å². The summed E-state index contributed by atoms with van der Waals surface area (Å²) in [6.07, 6.45) is 2.12. The summed E-state index contributed by atoms with van der Waals surface area (Å²) >= 11 is 6.04. The number of carbonyl (C=O) groups is 1. The van der Waals surface area contributed by atoms with Crippen LogP contribution in [0.4, 0.5) is 8.78 Å². The highest BCUT2D eigenvalue weighted by atomic mass is 35.5. The number of aliphatic hydroxyl groups is 1. The third kappa shape index (κ3) is 4.94. The highest BCUT2D eigenvalue weighted by molar-refractivity contribution is 6.30. The van der Waals surface area contributed by atoms with Crippen molar-refractivity contribution >= 4 is 17.5 Å². The van der Waals surface area contributed by atoms with Crippen molar-refractivity contribution in [2.75, 3.05) is 0 Å². The van der Waals surface area contributed by atoms with Crippen molar-refractivity contribution in [2.45, 2.75) is 44.4 Å². The molecule has 162 valence electrons. The second-order valence-electron chi connectivity index (χ2n) is 7.81. The Labute approximate surface area is 183 Å². The van der Waals surface area contributed by atoms with Crippen LogP contribution in [0, 0.1) is 0 Å². The molecule has 1 amide bonds. The highest BCUT2D eigenvalue weighted by Gasteiger charge is 2.31. The van der Waals surface area contributed by atoms with Crippen molar-refractivity contribution in [3.05, 3.63) is 87.7 Å². The van der Waals surface area contributed by atoms with Gasteiger partial charge < -0.3 is 10.4 Å². The van der Waals surface area contributed by atoms with Gasteiger partial charge in [-0.2, -0.15) is 5.10 Å². The van der Waals surface area contributed by atoms with Gasteiger partial charge in [0.25, 0.3) is 12.3 Å². The van der Waals surface area contributed by atoms with Crippen LogP contribution in [-0.4, -0.2) is 26.8 Å². The zero-order chi connectivity index (χ0) is 22.0. The Bertz CT molecular complexity index is 1080. The maximum absolute atomic E-state index is 13.2. The minimum Gasteiger partial charge on any atom is -0.392 e. The van der Waals surface area contributed by atoms with Crippen LogP contribution in [0.1, 0.15) is 57.8 Å². The molecule has 3 aromatic rings. The molecule has 0 bridgehead atoms. The minimum atomic E-state index is -2.67. The van der Waals surface area contributed by atoms with E-state index in [4.69, 9.17) is 11.6 Å². The molecule has 1 aromatic heterocycles. The summed E-state index contributed by atoms with van der Waals surface area (Å²) in [6, 6.07) is 12.4. The second-order valence-corrected chi connectivity index (χ2v) is 8.25. The molecule has 5 nitrogen and oxygen atoms in total. The summed E-state index contributed by atoms with van der Waals surface area (Å²) in [4.78, 5) is 12.5. The first-order valence-corrected chi connectivity index (χ1v) is 10.4. The summed E-state index contributed by atoms with van der Waals surface area (Å²) in [7, 11) is 0. The van der Waals surface area contributed by atoms with E-state index in [9.17, 15) is 18.7 Å². The van der Waals surface area contributed by atoms with Gasteiger partial charge in [-0.25, -0.2) is 8.78 Å². The number of hydrogen-bond acceptors (Lipinski definition) is 3. The number of amides is 1. The van der Waals surface area contributed by atoms with Gasteiger partial charge in [-0.05, 0) is 53.6 Å². The smallest absolute Gasteiger partial charge is 0.264 e. The summed E-state index contributed by atoms with van der Waals surface area (Å²) in [5.41, 5.74) is 2.24. The number of nitrogens with one attached hydrogen (secondary N) is 1. The molecule has 31 heavy (non-hydrogen) atoms. The topological polar surface area (TPSA) is 67.2 Å². The van der Waals surface area contributed by atoms with E-state index in [1.54, 1.807) is 12.3 Å². The maximum atomic E-state index is 13.2. The van der Waals surface area contributed by atoms with Gasteiger partial charge in [-0.3, -0.25) is 9.48 Å². The molecule has 1 aliphatic carbocycles. The van der Waals surface area contributed by atoms with Gasteiger partial charge >= 0.3 is 0 Å². The van der Waals surface area contributed by atoms with Gasteiger partial charge in [-0.1, -0.05) is 35.9 Å². The van der Waals surface area contributed by atoms with Crippen molar-refractivity contribution in [3.8, 4) is 0 Å². The molecule has 1 saturated carbocycles. The molecule has 1 heterocycles. The molecule has 2 aromatic carbocycles. The van der Waals surface area contributed by atoms with Crippen LogP contribution in [0.15, 0.2) is 54.9 Å². The molecular weight excluding hydrogens is 424 g/mol. The Kier molecular flexibility index (Phi) is 6.34. The summed E-state index contributed by atoms with van der Waals surface area (Å²) in [5, 5.41) is 17.1. The fourth-order valence-electron chi connectivity index (χ4n) is 3.88. The van der Waals surface area contributed by atoms with Gasteiger partial charge in [-0.15, -0.1) is 0 Å². The average molecular weight is 446 g/mol. The van der Waals surface area contributed by atoms with E-state index in [0.717, 1.165) is 12.8 Å². The normalized spacial score (nSPS) is 18.1. The first-order chi connectivity index (χ1) is 14.9. The van der Waals surface area contributed by atoms with E-state index in [1.165, 1.54) is 28.6 Å². The second kappa shape index (κ2) is 9.16. The van der Waals surface area contributed by atoms with Gasteiger partial charge in [0, 0.05) is 22.8 Å². The molecule has 2 N–H and O–H groups in total. The Morgan fingerprint density at radius 2 is 2.06 bits per heavy atom. The minimum absolute atomic E-state index is 0.0967. The number of rotatable bonds is 7. The summed E-state index contributed by atoms with van der Waals surface area (Å²) in [6.45, 7) is -0.190. The molecule has 0 saturated heterocycles. The Hall–Kier alpha value is -2.77. The van der Waals surface area contributed by atoms with E-state index >= 15 is 0 Å². The third-order valence-corrected chi connectivity index (χ3v) is 5.88. The fraction of sp³-hybridized carbons (Fsp3) is 0.304. The number of alkyl halides is 2. The number of aromatic nitrogens is 2. The molecule has 0 spiro atoms. The number of nitrogens with zero attached hydrogens (tertiary/aromatic N) is 2. The Morgan fingerprint density at radius 1 is 1.26 bits per heavy atom. The van der Waals surface area contributed by atoms with Crippen molar-refractivity contribution < 1.29 is 18.7 Å². The molecule has 0 aliphatic heterocycles. The lowest BCUT2D eigenvalue weighted by molar-refractivity contribution is 0.0909. The predicted octanol–water partition coefficient (Wildman–Crippen LogP) is 4.69. The zero-order valence-electron chi connectivity index (χ0n) is 16.6. The average Bonchev–Trinajstić information content (AvgIpc) is 3.18. The van der Waals surface area contributed by atoms with E-state index in [-0.39, 0.29) is 29.6 Å². The Morgan fingerprint density at radius 3 is 2.77 bits per heavy atom. The maximum Gasteiger partial charge on any atom is 0.264 e. The van der Waals surface area contributed by atoms with Crippen molar-refractivity contribution in [3.63, 3.8) is 0 Å². The van der Waals surface area contributed by atoms with Gasteiger partial charge in [0.15, 0.2) is 0 Å². The molecule has 0 atom stereocenters. The first kappa shape index (κ1) is 21.5. The molecule has 0 unspecified atom stereocenters. The van der Waals surface area contributed by atoms with Gasteiger partial charge in [0.1, 0.15) is 0 Å². The largest absolute Gasteiger partial charge is 0.392 e. The van der Waals surface area contributed by atoms with Crippen LogP contribution in [0.2, 0.25) is 5.02 Å². The van der Waals surface area contributed by atoms with E-state index in [0.29, 0.717) is 22.1 Å². The van der Waals surface area contributed by atoms with Crippen LogP contribution in [0.3, 0.4) is 0 Å². The molecule has 1 aliphatic rings. The standard InChI is InChI=1S/C23H22ClF2N3O2/c24-19-3-1-2-15(7-19)17-8-20(9-17)28-23(31)18-10-27-29(12-18)11-14-4-5-16(13-30)21(6-14)22(25)26/h1-7,10,12,17,20,22,30H,8-9,11,13H2,(H,28,31). The first-order valence-electron chi connectivity index (χ1n) is 10.0. The van der Waals surface area contributed by atoms with E-state index in [2.05, 4.69) is 10.4 Å². The SMILES string of the molecule is O=C(NC1CC(c2cccc(Cl)c2)C1)c1cnn(Cc2ccc(CO)c(C(F)F)c2)c1. The molecule has 0 radical (unpaired) electrons. The summed E-state index contributed by atoms with van der Waals surface area (Å²) < 4.78 is 27.9. The van der Waals surface area contributed by atoms with Gasteiger partial charge in [0.05, 0.1) is 24.9 Å². The number of halogens is 3. The molecule has 4 rings (SSSR count). The summed E-state index contributed by atoms with van der Waals surface area (Å²) in [5.74, 6) is 0.183. The van der Waals surface area contributed by atoms with Crippen LogP contribution in [0.25, 0.3) is 0 Å². The monoisotopic (exact) mass is 445 g/mol. The lowest BCUT2D eigenvalue weighted by atomic mass is 9.76. The van der Waals surface area contributed by atoms with E-state index < -0.39 is 13.0 Å². The molecular formula is C23H22ClF2N3O2. The quantitative estimate of drug-likeness (QED) is 0.554.